The highest BCUT2D eigenvalue weighted by Gasteiger charge is 2.15. The van der Waals surface area contributed by atoms with Crippen LogP contribution in [0, 0.1) is 13.8 Å². The lowest BCUT2D eigenvalue weighted by Gasteiger charge is -2.13. The standard InChI is InChI=1S/C12H18N2O4S/c1-4-14-12(15)7-18-10-5-6-11(19(13,16)17)9(3)8(10)2/h5-6H,4,7H2,1-3H3,(H,14,15)(H2,13,16,17). The van der Waals surface area contributed by atoms with Crippen molar-refractivity contribution in [3.05, 3.63) is 23.3 Å². The van der Waals surface area contributed by atoms with Crippen molar-refractivity contribution in [1.82, 2.24) is 5.32 Å². The van der Waals surface area contributed by atoms with E-state index in [-0.39, 0.29) is 17.4 Å². The number of ether oxygens (including phenoxy) is 1. The second-order valence-electron chi connectivity index (χ2n) is 4.10. The van der Waals surface area contributed by atoms with Gasteiger partial charge < -0.3 is 10.1 Å². The van der Waals surface area contributed by atoms with Gasteiger partial charge in [-0.3, -0.25) is 4.79 Å². The first-order valence-electron chi connectivity index (χ1n) is 5.79. The summed E-state index contributed by atoms with van der Waals surface area (Å²) in [6, 6.07) is 2.88. The summed E-state index contributed by atoms with van der Waals surface area (Å²) < 4.78 is 28.0. The second kappa shape index (κ2) is 6.03. The molecule has 0 heterocycles. The van der Waals surface area contributed by atoms with Crippen LogP contribution in [-0.2, 0) is 14.8 Å². The van der Waals surface area contributed by atoms with Crippen LogP contribution < -0.4 is 15.2 Å². The molecule has 0 aliphatic rings. The third-order valence-electron chi connectivity index (χ3n) is 2.73. The lowest BCUT2D eigenvalue weighted by Crippen LogP contribution is -2.28. The van der Waals surface area contributed by atoms with Crippen LogP contribution in [0.25, 0.3) is 0 Å². The molecule has 0 spiro atoms. The predicted octanol–water partition coefficient (Wildman–Crippen LogP) is 0.466. The minimum Gasteiger partial charge on any atom is -0.483 e. The van der Waals surface area contributed by atoms with Crippen LogP contribution in [0.15, 0.2) is 17.0 Å². The Morgan fingerprint density at radius 2 is 1.95 bits per heavy atom. The van der Waals surface area contributed by atoms with Gasteiger partial charge in [0.1, 0.15) is 5.75 Å². The van der Waals surface area contributed by atoms with Crippen LogP contribution in [0.5, 0.6) is 5.75 Å². The van der Waals surface area contributed by atoms with Crippen molar-refractivity contribution in [2.75, 3.05) is 13.2 Å². The number of carbonyl (C=O) groups is 1. The Morgan fingerprint density at radius 3 is 2.47 bits per heavy atom. The van der Waals surface area contributed by atoms with Gasteiger partial charge in [0, 0.05) is 6.54 Å². The molecule has 6 nitrogen and oxygen atoms in total. The number of rotatable bonds is 5. The lowest BCUT2D eigenvalue weighted by atomic mass is 10.1. The summed E-state index contributed by atoms with van der Waals surface area (Å²) in [7, 11) is -3.75. The molecule has 1 rings (SSSR count). The topological polar surface area (TPSA) is 98.5 Å². The zero-order valence-corrected chi connectivity index (χ0v) is 12.0. The first kappa shape index (κ1) is 15.5. The van der Waals surface area contributed by atoms with Crippen LogP contribution in [0.4, 0.5) is 0 Å². The maximum Gasteiger partial charge on any atom is 0.257 e. The highest BCUT2D eigenvalue weighted by molar-refractivity contribution is 7.89. The molecular formula is C12H18N2O4S. The van der Waals surface area contributed by atoms with E-state index in [1.807, 2.05) is 6.92 Å². The van der Waals surface area contributed by atoms with E-state index < -0.39 is 10.0 Å². The molecule has 0 radical (unpaired) electrons. The molecule has 0 aliphatic heterocycles. The van der Waals surface area contributed by atoms with E-state index in [2.05, 4.69) is 5.32 Å². The second-order valence-corrected chi connectivity index (χ2v) is 5.63. The van der Waals surface area contributed by atoms with Crippen molar-refractivity contribution in [1.29, 1.82) is 0 Å². The lowest BCUT2D eigenvalue weighted by molar-refractivity contribution is -0.122. The normalized spacial score (nSPS) is 11.2. The van der Waals surface area contributed by atoms with E-state index in [1.54, 1.807) is 13.8 Å². The molecular weight excluding hydrogens is 268 g/mol. The number of amides is 1. The molecule has 0 aromatic heterocycles. The Labute approximate surface area is 113 Å². The Morgan fingerprint density at radius 1 is 1.32 bits per heavy atom. The number of nitrogens with two attached hydrogens (primary N) is 1. The third kappa shape index (κ3) is 3.93. The minimum atomic E-state index is -3.75. The molecule has 0 unspecified atom stereocenters. The summed E-state index contributed by atoms with van der Waals surface area (Å²) in [6.45, 7) is 5.60. The maximum atomic E-state index is 11.3. The highest BCUT2D eigenvalue weighted by Crippen LogP contribution is 2.26. The van der Waals surface area contributed by atoms with Gasteiger partial charge in [-0.2, -0.15) is 0 Å². The molecule has 0 fully saturated rings. The minimum absolute atomic E-state index is 0.0651. The van der Waals surface area contributed by atoms with Crippen LogP contribution in [0.3, 0.4) is 0 Å². The highest BCUT2D eigenvalue weighted by atomic mass is 32.2. The summed E-state index contributed by atoms with van der Waals surface area (Å²) in [5, 5.41) is 7.71. The summed E-state index contributed by atoms with van der Waals surface area (Å²) >= 11 is 0. The molecule has 1 amide bonds. The van der Waals surface area contributed by atoms with Crippen LogP contribution in [0.1, 0.15) is 18.1 Å². The molecule has 1 aromatic rings. The fourth-order valence-electron chi connectivity index (χ4n) is 1.63. The molecule has 1 aromatic carbocycles. The predicted molar refractivity (Wildman–Crippen MR) is 71.5 cm³/mol. The van der Waals surface area contributed by atoms with Gasteiger partial charge in [0.2, 0.25) is 10.0 Å². The Balaban J connectivity index is 2.95. The summed E-state index contributed by atoms with van der Waals surface area (Å²) in [5.74, 6) is 0.242. The quantitative estimate of drug-likeness (QED) is 0.821. The van der Waals surface area contributed by atoms with Gasteiger partial charge >= 0.3 is 0 Å². The van der Waals surface area contributed by atoms with Crippen molar-refractivity contribution >= 4 is 15.9 Å². The zero-order valence-electron chi connectivity index (χ0n) is 11.2. The molecule has 0 aliphatic carbocycles. The van der Waals surface area contributed by atoms with Gasteiger partial charge in [0.05, 0.1) is 4.90 Å². The fourth-order valence-corrected chi connectivity index (χ4v) is 2.46. The van der Waals surface area contributed by atoms with Gasteiger partial charge in [-0.25, -0.2) is 13.6 Å². The van der Waals surface area contributed by atoms with Crippen molar-refractivity contribution in [3.8, 4) is 5.75 Å². The average molecular weight is 286 g/mol. The monoisotopic (exact) mass is 286 g/mol. The summed E-state index contributed by atoms with van der Waals surface area (Å²) in [4.78, 5) is 11.4. The van der Waals surface area contributed by atoms with E-state index in [9.17, 15) is 13.2 Å². The maximum absolute atomic E-state index is 11.3. The first-order valence-corrected chi connectivity index (χ1v) is 7.34. The van der Waals surface area contributed by atoms with Crippen LogP contribution in [0.2, 0.25) is 0 Å². The molecule has 19 heavy (non-hydrogen) atoms. The van der Waals surface area contributed by atoms with E-state index in [0.717, 1.165) is 0 Å². The number of likely N-dealkylation sites (N-methyl/N-ethyl adjacent to an activating group) is 1. The van der Waals surface area contributed by atoms with E-state index in [1.165, 1.54) is 12.1 Å². The summed E-state index contributed by atoms with van der Waals surface area (Å²) in [5.41, 5.74) is 1.17. The van der Waals surface area contributed by atoms with Gasteiger partial charge in [-0.1, -0.05) is 0 Å². The number of benzene rings is 1. The van der Waals surface area contributed by atoms with Gasteiger partial charge in [0.25, 0.3) is 5.91 Å². The van der Waals surface area contributed by atoms with Crippen molar-refractivity contribution in [2.45, 2.75) is 25.7 Å². The number of hydrogen-bond donors (Lipinski definition) is 2. The Hall–Kier alpha value is -1.60. The van der Waals surface area contributed by atoms with Crippen LogP contribution >= 0.6 is 0 Å². The number of primary sulfonamides is 1. The molecule has 0 saturated heterocycles. The van der Waals surface area contributed by atoms with Crippen molar-refractivity contribution in [3.63, 3.8) is 0 Å². The van der Waals surface area contributed by atoms with Crippen molar-refractivity contribution < 1.29 is 17.9 Å². The largest absolute Gasteiger partial charge is 0.483 e. The Bertz CT molecular complexity index is 582. The van der Waals surface area contributed by atoms with Gasteiger partial charge in [-0.15, -0.1) is 0 Å². The first-order chi connectivity index (χ1) is 8.77. The SMILES string of the molecule is CCNC(=O)COc1ccc(S(N)(=O)=O)c(C)c1C. The molecule has 7 heteroatoms. The number of carbonyl (C=O) groups excluding carboxylic acids is 1. The van der Waals surface area contributed by atoms with Gasteiger partial charge in [0.15, 0.2) is 6.61 Å². The van der Waals surface area contributed by atoms with E-state index >= 15 is 0 Å². The molecule has 0 bridgehead atoms. The third-order valence-corrected chi connectivity index (χ3v) is 3.78. The molecule has 106 valence electrons. The average Bonchev–Trinajstić information content (AvgIpc) is 2.29. The number of hydrogen-bond acceptors (Lipinski definition) is 4. The Kier molecular flexibility index (Phi) is 4.90. The smallest absolute Gasteiger partial charge is 0.257 e. The van der Waals surface area contributed by atoms with Crippen molar-refractivity contribution in [2.24, 2.45) is 5.14 Å². The molecule has 0 atom stereocenters. The molecule has 0 saturated carbocycles. The van der Waals surface area contributed by atoms with E-state index in [4.69, 9.17) is 9.88 Å². The van der Waals surface area contributed by atoms with Crippen LogP contribution in [-0.4, -0.2) is 27.5 Å². The summed E-state index contributed by atoms with van der Waals surface area (Å²) in [6.07, 6.45) is 0. The molecule has 3 N–H and O–H groups in total. The number of sulfonamides is 1. The zero-order chi connectivity index (χ0) is 14.6. The van der Waals surface area contributed by atoms with E-state index in [0.29, 0.717) is 23.4 Å². The number of nitrogens with one attached hydrogen (secondary N) is 1. The van der Waals surface area contributed by atoms with Gasteiger partial charge in [-0.05, 0) is 44.0 Å². The fraction of sp³-hybridized carbons (Fsp3) is 0.417.